The zero-order valence-corrected chi connectivity index (χ0v) is 12.0. The quantitative estimate of drug-likeness (QED) is 0.684. The summed E-state index contributed by atoms with van der Waals surface area (Å²) in [6.07, 6.45) is 0.636. The van der Waals surface area contributed by atoms with E-state index in [9.17, 15) is 14.0 Å². The van der Waals surface area contributed by atoms with E-state index in [1.165, 1.54) is 12.1 Å². The van der Waals surface area contributed by atoms with Gasteiger partial charge in [-0.1, -0.05) is 0 Å². The first kappa shape index (κ1) is 14.0. The first-order chi connectivity index (χ1) is 9.97. The number of nitrogens with zero attached hydrogens (tertiary/aromatic N) is 2. The van der Waals surface area contributed by atoms with Gasteiger partial charge in [0.1, 0.15) is 17.7 Å². The molecule has 2 atom stereocenters. The zero-order chi connectivity index (χ0) is 15.1. The minimum atomic E-state index is -0.561. The molecule has 2 heterocycles. The molecule has 2 aromatic rings. The lowest BCUT2D eigenvalue weighted by molar-refractivity contribution is -0.135. The number of carbonyl (C=O) groups is 2. The van der Waals surface area contributed by atoms with Crippen LogP contribution in [0.1, 0.15) is 37.0 Å². The monoisotopic (exact) mass is 309 g/mol. The van der Waals surface area contributed by atoms with E-state index in [0.717, 1.165) is 0 Å². The molecule has 1 N–H and O–H groups in total. The molecule has 1 aromatic carbocycles. The number of piperidine rings is 1. The summed E-state index contributed by atoms with van der Waals surface area (Å²) >= 11 is 6.14. The normalized spacial score (nSPS) is 20.6. The van der Waals surface area contributed by atoms with Gasteiger partial charge in [0.25, 0.3) is 0 Å². The van der Waals surface area contributed by atoms with Crippen LogP contribution in [-0.2, 0) is 9.59 Å². The van der Waals surface area contributed by atoms with E-state index in [1.807, 2.05) is 0 Å². The molecule has 2 unspecified atom stereocenters. The fraction of sp³-hybridized carbons (Fsp3) is 0.357. The minimum Gasteiger partial charge on any atom is -0.314 e. The van der Waals surface area contributed by atoms with E-state index in [-0.39, 0.29) is 18.2 Å². The smallest absolute Gasteiger partial charge is 0.249 e. The Morgan fingerprint density at radius 1 is 1.48 bits per heavy atom. The van der Waals surface area contributed by atoms with E-state index in [2.05, 4.69) is 10.3 Å². The van der Waals surface area contributed by atoms with Gasteiger partial charge in [-0.2, -0.15) is 0 Å². The van der Waals surface area contributed by atoms with Crippen molar-refractivity contribution in [3.63, 3.8) is 0 Å². The van der Waals surface area contributed by atoms with Gasteiger partial charge in [0, 0.05) is 12.5 Å². The van der Waals surface area contributed by atoms with Crippen molar-refractivity contribution >= 4 is 34.4 Å². The van der Waals surface area contributed by atoms with Crippen LogP contribution in [0.4, 0.5) is 4.39 Å². The maximum Gasteiger partial charge on any atom is 0.249 e. The van der Waals surface area contributed by atoms with E-state index < -0.39 is 17.2 Å². The Bertz CT molecular complexity index is 741. The number of aromatic nitrogens is 2. The highest BCUT2D eigenvalue weighted by Gasteiger charge is 2.31. The third kappa shape index (κ3) is 2.40. The molecule has 1 saturated heterocycles. The van der Waals surface area contributed by atoms with E-state index in [1.54, 1.807) is 17.6 Å². The number of amides is 2. The summed E-state index contributed by atoms with van der Waals surface area (Å²) in [5, 5.41) is 1.88. The Balaban J connectivity index is 2.17. The topological polar surface area (TPSA) is 64.0 Å². The van der Waals surface area contributed by atoms with Crippen LogP contribution in [0.15, 0.2) is 18.2 Å². The average Bonchev–Trinajstić information content (AvgIpc) is 2.77. The predicted octanol–water partition coefficient (Wildman–Crippen LogP) is 2.45. The van der Waals surface area contributed by atoms with Gasteiger partial charge >= 0.3 is 0 Å². The highest BCUT2D eigenvalue weighted by Crippen LogP contribution is 2.31. The molecule has 7 heteroatoms. The Morgan fingerprint density at radius 3 is 2.90 bits per heavy atom. The molecule has 3 rings (SSSR count). The standard InChI is InChI=1S/C14H13ClFN3O2/c1-7(15)13-17-9-6-8(16)2-3-10(9)19(13)11-4-5-12(20)18-14(11)21/h2-3,6-7,11H,4-5H2,1H3,(H,18,20,21). The second-order valence-electron chi connectivity index (χ2n) is 5.06. The summed E-state index contributed by atoms with van der Waals surface area (Å²) in [4.78, 5) is 27.7. The molecule has 1 aliphatic rings. The van der Waals surface area contributed by atoms with Gasteiger partial charge in [0.2, 0.25) is 11.8 Å². The molecule has 0 bridgehead atoms. The molecule has 0 radical (unpaired) electrons. The van der Waals surface area contributed by atoms with Crippen molar-refractivity contribution in [2.75, 3.05) is 0 Å². The number of imide groups is 1. The highest BCUT2D eigenvalue weighted by molar-refractivity contribution is 6.20. The lowest BCUT2D eigenvalue weighted by Crippen LogP contribution is -2.42. The Hall–Kier alpha value is -1.95. The highest BCUT2D eigenvalue weighted by atomic mass is 35.5. The van der Waals surface area contributed by atoms with Crippen molar-refractivity contribution in [2.45, 2.75) is 31.2 Å². The first-order valence-corrected chi connectivity index (χ1v) is 7.06. The maximum atomic E-state index is 13.3. The van der Waals surface area contributed by atoms with Gasteiger partial charge in [-0.3, -0.25) is 14.9 Å². The molecular formula is C14H13ClFN3O2. The number of fused-ring (bicyclic) bond motifs is 1. The van der Waals surface area contributed by atoms with Crippen molar-refractivity contribution < 1.29 is 14.0 Å². The first-order valence-electron chi connectivity index (χ1n) is 6.62. The molecule has 21 heavy (non-hydrogen) atoms. The third-order valence-corrected chi connectivity index (χ3v) is 3.75. The molecule has 2 amide bonds. The van der Waals surface area contributed by atoms with Crippen molar-refractivity contribution in [3.8, 4) is 0 Å². The molecule has 1 aromatic heterocycles. The molecule has 5 nitrogen and oxygen atoms in total. The number of rotatable bonds is 2. The average molecular weight is 310 g/mol. The fourth-order valence-electron chi connectivity index (χ4n) is 2.63. The maximum absolute atomic E-state index is 13.3. The van der Waals surface area contributed by atoms with Crippen LogP contribution in [0.2, 0.25) is 0 Å². The number of hydrogen-bond donors (Lipinski definition) is 1. The van der Waals surface area contributed by atoms with Gasteiger partial charge < -0.3 is 4.57 Å². The van der Waals surface area contributed by atoms with Crippen LogP contribution in [0.25, 0.3) is 11.0 Å². The summed E-state index contributed by atoms with van der Waals surface area (Å²) in [6.45, 7) is 1.74. The number of hydrogen-bond acceptors (Lipinski definition) is 3. The van der Waals surface area contributed by atoms with Crippen molar-refractivity contribution in [3.05, 3.63) is 29.8 Å². The molecule has 110 valence electrons. The number of carbonyl (C=O) groups excluding carboxylic acids is 2. The lowest BCUT2D eigenvalue weighted by Gasteiger charge is -2.24. The Labute approximate surface area is 125 Å². The molecular weight excluding hydrogens is 297 g/mol. The number of alkyl halides is 1. The van der Waals surface area contributed by atoms with Gasteiger partial charge in [-0.05, 0) is 25.5 Å². The molecule has 1 aliphatic heterocycles. The largest absolute Gasteiger partial charge is 0.314 e. The summed E-state index contributed by atoms with van der Waals surface area (Å²) < 4.78 is 15.0. The number of benzene rings is 1. The summed E-state index contributed by atoms with van der Waals surface area (Å²) in [5.74, 6) is -0.573. The van der Waals surface area contributed by atoms with E-state index >= 15 is 0 Å². The molecule has 0 spiro atoms. The third-order valence-electron chi connectivity index (χ3n) is 3.56. The molecule has 0 saturated carbocycles. The fourth-order valence-corrected chi connectivity index (χ4v) is 2.78. The van der Waals surface area contributed by atoms with Gasteiger partial charge in [0.15, 0.2) is 0 Å². The van der Waals surface area contributed by atoms with Crippen LogP contribution in [0, 0.1) is 5.82 Å². The van der Waals surface area contributed by atoms with Crippen LogP contribution >= 0.6 is 11.6 Å². The van der Waals surface area contributed by atoms with E-state index in [0.29, 0.717) is 23.3 Å². The second-order valence-corrected chi connectivity index (χ2v) is 5.71. The molecule has 0 aliphatic carbocycles. The molecule has 1 fully saturated rings. The van der Waals surface area contributed by atoms with Crippen molar-refractivity contribution in [1.82, 2.24) is 14.9 Å². The number of halogens is 2. The van der Waals surface area contributed by atoms with Crippen LogP contribution < -0.4 is 5.32 Å². The van der Waals surface area contributed by atoms with Crippen LogP contribution in [-0.4, -0.2) is 21.4 Å². The van der Waals surface area contributed by atoms with Gasteiger partial charge in [-0.15, -0.1) is 11.6 Å². The predicted molar refractivity (Wildman–Crippen MR) is 75.4 cm³/mol. The van der Waals surface area contributed by atoms with Crippen LogP contribution in [0.5, 0.6) is 0 Å². The zero-order valence-electron chi connectivity index (χ0n) is 11.3. The summed E-state index contributed by atoms with van der Waals surface area (Å²) in [5.41, 5.74) is 1.08. The van der Waals surface area contributed by atoms with Gasteiger partial charge in [-0.25, -0.2) is 9.37 Å². The Kier molecular flexibility index (Phi) is 3.41. The second kappa shape index (κ2) is 5.11. The van der Waals surface area contributed by atoms with Crippen LogP contribution in [0.3, 0.4) is 0 Å². The van der Waals surface area contributed by atoms with E-state index in [4.69, 9.17) is 11.6 Å². The SMILES string of the molecule is CC(Cl)c1nc2cc(F)ccc2n1C1CCC(=O)NC1=O. The van der Waals surface area contributed by atoms with Crippen molar-refractivity contribution in [2.24, 2.45) is 0 Å². The number of nitrogens with one attached hydrogen (secondary N) is 1. The summed E-state index contributed by atoms with van der Waals surface area (Å²) in [6, 6.07) is 3.63. The van der Waals surface area contributed by atoms with Gasteiger partial charge in [0.05, 0.1) is 16.4 Å². The van der Waals surface area contributed by atoms with Crippen molar-refractivity contribution in [1.29, 1.82) is 0 Å². The summed E-state index contributed by atoms with van der Waals surface area (Å²) in [7, 11) is 0. The minimum absolute atomic E-state index is 0.257. The Morgan fingerprint density at radius 2 is 2.24 bits per heavy atom. The lowest BCUT2D eigenvalue weighted by atomic mass is 10.1. The number of imidazole rings is 1.